The van der Waals surface area contributed by atoms with Crippen molar-refractivity contribution in [3.05, 3.63) is 36.0 Å². The molecule has 2 rings (SSSR count). The number of benzene rings is 1. The summed E-state index contributed by atoms with van der Waals surface area (Å²) in [6.07, 6.45) is 1.84. The highest BCUT2D eigenvalue weighted by Gasteiger charge is 2.06. The van der Waals surface area contributed by atoms with Crippen LogP contribution < -0.4 is 5.32 Å². The molecule has 0 saturated heterocycles. The van der Waals surface area contributed by atoms with E-state index < -0.39 is 10.8 Å². The van der Waals surface area contributed by atoms with Gasteiger partial charge in [0, 0.05) is 46.1 Å². The fraction of sp³-hybridized carbons (Fsp3) is 0.308. The van der Waals surface area contributed by atoms with Crippen LogP contribution >= 0.6 is 0 Å². The molecule has 1 heterocycles. The molecule has 1 aromatic heterocycles. The van der Waals surface area contributed by atoms with Crippen LogP contribution in [0.3, 0.4) is 0 Å². The maximum Gasteiger partial charge on any atom is 0.251 e. The van der Waals surface area contributed by atoms with E-state index in [1.165, 1.54) is 0 Å². The summed E-state index contributed by atoms with van der Waals surface area (Å²) in [5.74, 6) is 1.01. The van der Waals surface area contributed by atoms with Gasteiger partial charge in [0.05, 0.1) is 0 Å². The highest BCUT2D eigenvalue weighted by atomic mass is 32.2. The first-order valence-corrected chi connectivity index (χ1v) is 7.40. The fourth-order valence-corrected chi connectivity index (χ4v) is 2.33. The zero-order valence-corrected chi connectivity index (χ0v) is 11.0. The number of carbonyl (C=O) groups is 1. The first kappa shape index (κ1) is 12.8. The van der Waals surface area contributed by atoms with Crippen molar-refractivity contribution in [2.45, 2.75) is 6.92 Å². The third-order valence-electron chi connectivity index (χ3n) is 2.75. The van der Waals surface area contributed by atoms with E-state index in [9.17, 15) is 9.00 Å². The van der Waals surface area contributed by atoms with Crippen molar-refractivity contribution in [2.24, 2.45) is 0 Å². The van der Waals surface area contributed by atoms with Gasteiger partial charge < -0.3 is 10.3 Å². The van der Waals surface area contributed by atoms with E-state index in [1.54, 1.807) is 6.07 Å². The lowest BCUT2D eigenvalue weighted by molar-refractivity contribution is 0.0956. The summed E-state index contributed by atoms with van der Waals surface area (Å²) in [6, 6.07) is 7.48. The van der Waals surface area contributed by atoms with Crippen LogP contribution in [-0.2, 0) is 10.8 Å². The molecule has 0 radical (unpaired) electrons. The number of carbonyl (C=O) groups excluding carboxylic acids is 1. The standard InChI is InChI=1S/C13H16N2O2S/c1-2-18(17)8-7-15-13(16)11-4-3-10-5-6-14-12(10)9-11/h3-6,9,14H,2,7-8H2,1H3,(H,15,16). The van der Waals surface area contributed by atoms with Crippen LogP contribution in [0.25, 0.3) is 10.9 Å². The maximum atomic E-state index is 11.9. The average molecular weight is 264 g/mol. The molecule has 1 atom stereocenters. The maximum absolute atomic E-state index is 11.9. The zero-order chi connectivity index (χ0) is 13.0. The Kier molecular flexibility index (Phi) is 4.15. The van der Waals surface area contributed by atoms with Gasteiger partial charge in [-0.15, -0.1) is 0 Å². The highest BCUT2D eigenvalue weighted by Crippen LogP contribution is 2.13. The van der Waals surface area contributed by atoms with Gasteiger partial charge in [0.2, 0.25) is 0 Å². The highest BCUT2D eigenvalue weighted by molar-refractivity contribution is 7.84. The van der Waals surface area contributed by atoms with E-state index in [2.05, 4.69) is 10.3 Å². The molecule has 2 N–H and O–H groups in total. The second kappa shape index (κ2) is 5.82. The van der Waals surface area contributed by atoms with Gasteiger partial charge in [0.1, 0.15) is 0 Å². The molecular formula is C13H16N2O2S. The largest absolute Gasteiger partial charge is 0.361 e. The van der Waals surface area contributed by atoms with Crippen LogP contribution in [0, 0.1) is 0 Å². The molecule has 0 bridgehead atoms. The monoisotopic (exact) mass is 264 g/mol. The van der Waals surface area contributed by atoms with Crippen molar-refractivity contribution in [2.75, 3.05) is 18.1 Å². The number of hydrogen-bond donors (Lipinski definition) is 2. The van der Waals surface area contributed by atoms with Crippen molar-refractivity contribution in [3.63, 3.8) is 0 Å². The molecule has 4 nitrogen and oxygen atoms in total. The number of hydrogen-bond acceptors (Lipinski definition) is 2. The molecule has 96 valence electrons. The SMILES string of the molecule is CCS(=O)CCNC(=O)c1ccc2cc[nH]c2c1. The van der Waals surface area contributed by atoms with Gasteiger partial charge >= 0.3 is 0 Å². The van der Waals surface area contributed by atoms with Crippen molar-refractivity contribution in [1.82, 2.24) is 10.3 Å². The Morgan fingerprint density at radius 2 is 2.22 bits per heavy atom. The van der Waals surface area contributed by atoms with Crippen LogP contribution in [0.15, 0.2) is 30.5 Å². The average Bonchev–Trinajstić information content (AvgIpc) is 2.85. The summed E-state index contributed by atoms with van der Waals surface area (Å²) in [5.41, 5.74) is 1.56. The van der Waals surface area contributed by atoms with Gasteiger partial charge in [0.15, 0.2) is 0 Å². The molecule has 0 aliphatic rings. The minimum Gasteiger partial charge on any atom is -0.361 e. The lowest BCUT2D eigenvalue weighted by atomic mass is 10.1. The molecule has 5 heteroatoms. The van der Waals surface area contributed by atoms with E-state index in [1.807, 2.05) is 31.3 Å². The summed E-state index contributed by atoms with van der Waals surface area (Å²) < 4.78 is 11.2. The van der Waals surface area contributed by atoms with Gasteiger partial charge in [-0.1, -0.05) is 13.0 Å². The predicted octanol–water partition coefficient (Wildman–Crippen LogP) is 1.67. The first-order chi connectivity index (χ1) is 8.70. The van der Waals surface area contributed by atoms with Crippen molar-refractivity contribution >= 4 is 27.6 Å². The smallest absolute Gasteiger partial charge is 0.251 e. The van der Waals surface area contributed by atoms with E-state index in [0.717, 1.165) is 10.9 Å². The van der Waals surface area contributed by atoms with Gasteiger partial charge in [-0.25, -0.2) is 0 Å². The Bertz CT molecular complexity index is 577. The Hall–Kier alpha value is -1.62. The quantitative estimate of drug-likeness (QED) is 0.863. The minimum absolute atomic E-state index is 0.125. The van der Waals surface area contributed by atoms with Crippen LogP contribution in [0.5, 0.6) is 0 Å². The zero-order valence-electron chi connectivity index (χ0n) is 10.2. The second-order valence-electron chi connectivity index (χ2n) is 3.97. The van der Waals surface area contributed by atoms with Gasteiger partial charge in [-0.2, -0.15) is 0 Å². The molecule has 1 amide bonds. The van der Waals surface area contributed by atoms with Crippen LogP contribution in [0.4, 0.5) is 0 Å². The van der Waals surface area contributed by atoms with Crippen LogP contribution in [-0.4, -0.2) is 33.2 Å². The molecular weight excluding hydrogens is 248 g/mol. The Morgan fingerprint density at radius 1 is 1.39 bits per heavy atom. The first-order valence-electron chi connectivity index (χ1n) is 5.91. The van der Waals surface area contributed by atoms with E-state index >= 15 is 0 Å². The van der Waals surface area contributed by atoms with Gasteiger partial charge in [-0.05, 0) is 23.6 Å². The second-order valence-corrected chi connectivity index (χ2v) is 5.83. The summed E-state index contributed by atoms with van der Waals surface area (Å²) in [5, 5.41) is 3.86. The molecule has 0 aliphatic heterocycles. The van der Waals surface area contributed by atoms with E-state index in [0.29, 0.717) is 23.6 Å². The third kappa shape index (κ3) is 2.98. The number of aromatic amines is 1. The molecule has 2 aromatic rings. The Morgan fingerprint density at radius 3 is 3.00 bits per heavy atom. The molecule has 0 spiro atoms. The molecule has 1 aromatic carbocycles. The molecule has 0 saturated carbocycles. The summed E-state index contributed by atoms with van der Waals surface area (Å²) >= 11 is 0. The Labute approximate surface area is 108 Å². The summed E-state index contributed by atoms with van der Waals surface area (Å²) in [6.45, 7) is 2.32. The van der Waals surface area contributed by atoms with Crippen LogP contribution in [0.2, 0.25) is 0 Å². The lowest BCUT2D eigenvalue weighted by Gasteiger charge is -2.04. The van der Waals surface area contributed by atoms with Gasteiger partial charge in [-0.3, -0.25) is 9.00 Å². The van der Waals surface area contributed by atoms with Crippen molar-refractivity contribution in [3.8, 4) is 0 Å². The minimum atomic E-state index is -0.837. The summed E-state index contributed by atoms with van der Waals surface area (Å²) in [4.78, 5) is 14.9. The number of rotatable bonds is 5. The molecule has 18 heavy (non-hydrogen) atoms. The van der Waals surface area contributed by atoms with Crippen molar-refractivity contribution in [1.29, 1.82) is 0 Å². The van der Waals surface area contributed by atoms with Crippen LogP contribution in [0.1, 0.15) is 17.3 Å². The predicted molar refractivity (Wildman–Crippen MR) is 74.2 cm³/mol. The topological polar surface area (TPSA) is 62.0 Å². The number of H-pyrrole nitrogens is 1. The summed E-state index contributed by atoms with van der Waals surface area (Å²) in [7, 11) is -0.837. The lowest BCUT2D eigenvalue weighted by Crippen LogP contribution is -2.27. The number of fused-ring (bicyclic) bond motifs is 1. The van der Waals surface area contributed by atoms with E-state index in [4.69, 9.17) is 0 Å². The van der Waals surface area contributed by atoms with Gasteiger partial charge in [0.25, 0.3) is 5.91 Å². The number of nitrogens with one attached hydrogen (secondary N) is 2. The fourth-order valence-electron chi connectivity index (χ4n) is 1.71. The van der Waals surface area contributed by atoms with E-state index in [-0.39, 0.29) is 5.91 Å². The number of aromatic nitrogens is 1. The Balaban J connectivity index is 1.97. The normalized spacial score (nSPS) is 12.5. The number of amides is 1. The molecule has 1 unspecified atom stereocenters. The third-order valence-corrected chi connectivity index (χ3v) is 4.06. The molecule has 0 fully saturated rings. The molecule has 0 aliphatic carbocycles. The van der Waals surface area contributed by atoms with Crippen molar-refractivity contribution < 1.29 is 9.00 Å².